The minimum Gasteiger partial charge on any atom is -0.493 e. The fourth-order valence-electron chi connectivity index (χ4n) is 4.71. The van der Waals surface area contributed by atoms with Crippen LogP contribution in [-0.2, 0) is 16.0 Å². The van der Waals surface area contributed by atoms with Crippen LogP contribution in [0.4, 0.5) is 19.0 Å². The molecule has 0 N–H and O–H groups in total. The molecule has 0 radical (unpaired) electrons. The quantitative estimate of drug-likeness (QED) is 0.336. The summed E-state index contributed by atoms with van der Waals surface area (Å²) in [6, 6.07) is 0.208. The van der Waals surface area contributed by atoms with Gasteiger partial charge in [-0.1, -0.05) is 0 Å². The van der Waals surface area contributed by atoms with E-state index in [2.05, 4.69) is 15.0 Å². The molecule has 0 spiro atoms. The number of hydrazone groups is 1. The van der Waals surface area contributed by atoms with Crippen molar-refractivity contribution in [2.24, 2.45) is 5.10 Å². The van der Waals surface area contributed by atoms with Gasteiger partial charge in [-0.3, -0.25) is 14.5 Å². The molecular weight excluding hydrogens is 473 g/mol. The number of aromatic nitrogens is 2. The molecule has 0 aromatic carbocycles. The Balaban J connectivity index is 1.20. The van der Waals surface area contributed by atoms with Crippen molar-refractivity contribution < 1.29 is 32.3 Å². The number of methoxy groups -OCH3 is 1. The molecule has 0 bridgehead atoms. The van der Waals surface area contributed by atoms with Gasteiger partial charge in [-0.2, -0.15) is 4.39 Å². The predicted octanol–water partition coefficient (Wildman–Crippen LogP) is 2.58. The van der Waals surface area contributed by atoms with Gasteiger partial charge in [-0.25, -0.2) is 8.78 Å². The molecule has 2 atom stereocenters. The summed E-state index contributed by atoms with van der Waals surface area (Å²) < 4.78 is 61.8. The van der Waals surface area contributed by atoms with Crippen LogP contribution < -0.4 is 4.74 Å². The molecule has 1 unspecified atom stereocenters. The first-order valence-corrected chi connectivity index (χ1v) is 10.9. The van der Waals surface area contributed by atoms with Crippen molar-refractivity contribution in [2.45, 2.75) is 31.2 Å². The fourth-order valence-corrected chi connectivity index (χ4v) is 4.71. The normalized spacial score (nSPS) is 28.7. The summed E-state index contributed by atoms with van der Waals surface area (Å²) in [6.45, 7) is 4.70. The number of ether oxygens (including phenoxy) is 3. The van der Waals surface area contributed by atoms with Gasteiger partial charge in [0, 0.05) is 44.1 Å². The summed E-state index contributed by atoms with van der Waals surface area (Å²) in [5, 5.41) is 16.3. The van der Waals surface area contributed by atoms with Crippen LogP contribution in [0.1, 0.15) is 13.3 Å². The third-order valence-electron chi connectivity index (χ3n) is 6.28. The van der Waals surface area contributed by atoms with E-state index >= 15 is 4.39 Å². The molecule has 4 heterocycles. The Morgan fingerprint density at radius 3 is 2.74 bits per heavy atom. The highest BCUT2D eigenvalue weighted by Gasteiger charge is 2.53. The van der Waals surface area contributed by atoms with E-state index in [-0.39, 0.29) is 17.6 Å². The number of fused-ring (bicyclic) bond motifs is 2. The zero-order valence-corrected chi connectivity index (χ0v) is 19.0. The van der Waals surface area contributed by atoms with E-state index < -0.39 is 45.9 Å². The number of alkyl halides is 1. The Morgan fingerprint density at radius 1 is 1.34 bits per heavy atom. The summed E-state index contributed by atoms with van der Waals surface area (Å²) in [7, 11) is 1.17. The number of allylic oxidation sites excluding steroid dienone is 4. The van der Waals surface area contributed by atoms with Gasteiger partial charge in [0.1, 0.15) is 17.6 Å². The van der Waals surface area contributed by atoms with E-state index in [0.717, 1.165) is 12.2 Å². The summed E-state index contributed by atoms with van der Waals surface area (Å²) >= 11 is 0. The molecule has 35 heavy (non-hydrogen) atoms. The lowest BCUT2D eigenvalue weighted by Gasteiger charge is -2.36. The zero-order valence-electron chi connectivity index (χ0n) is 19.0. The van der Waals surface area contributed by atoms with Gasteiger partial charge < -0.3 is 24.3 Å². The van der Waals surface area contributed by atoms with Gasteiger partial charge in [0.2, 0.25) is 11.4 Å². The molecule has 1 aromatic rings. The molecule has 0 amide bonds. The molecule has 5 rings (SSSR count). The van der Waals surface area contributed by atoms with E-state index in [1.165, 1.54) is 18.3 Å². The number of nitrogens with zero attached hydrogens (tertiary/aromatic N) is 6. The van der Waals surface area contributed by atoms with Gasteiger partial charge in [0.05, 0.1) is 13.7 Å². The van der Waals surface area contributed by atoms with Crippen molar-refractivity contribution in [3.63, 3.8) is 0 Å². The Kier molecular flexibility index (Phi) is 5.49. The first-order chi connectivity index (χ1) is 16.6. The smallest absolute Gasteiger partial charge is 0.415 e. The molecule has 1 aromatic heterocycles. The lowest BCUT2D eigenvalue weighted by Crippen LogP contribution is -2.51. The molecule has 4 aliphatic rings. The number of hydrogen-bond donors (Lipinski definition) is 0. The molecule has 1 aliphatic carbocycles. The van der Waals surface area contributed by atoms with Crippen LogP contribution in [0.3, 0.4) is 0 Å². The summed E-state index contributed by atoms with van der Waals surface area (Å²) in [5.74, 6) is -3.20. The largest absolute Gasteiger partial charge is 0.493 e. The van der Waals surface area contributed by atoms with Crippen LogP contribution in [0.5, 0.6) is 6.01 Å². The van der Waals surface area contributed by atoms with Gasteiger partial charge in [-0.05, 0) is 24.0 Å². The van der Waals surface area contributed by atoms with Gasteiger partial charge in [0.15, 0.2) is 11.5 Å². The first kappa shape index (κ1) is 23.2. The van der Waals surface area contributed by atoms with Crippen molar-refractivity contribution in [2.75, 3.05) is 39.8 Å². The topological polar surface area (TPSA) is 107 Å². The third-order valence-corrected chi connectivity index (χ3v) is 6.28. The first-order valence-electron chi connectivity index (χ1n) is 10.9. The second kappa shape index (κ2) is 8.29. The number of piperazine rings is 1. The monoisotopic (exact) mass is 496 g/mol. The molecule has 188 valence electrons. The standard InChI is InChI=1S/C21H23F3N6O5/c1-20(12-28-10-15(30(31)32)25-19(28)35-20)11-27-5-7-29(8-6-27)26-18(23)16-17(33-2)21(24)9-13(22)3-4-14(21)34-16/h3-4,10H,5-9,11-12H2,1-2H3/b26-18-/t20?,21-/m1/s1. The van der Waals surface area contributed by atoms with E-state index in [1.54, 1.807) is 4.57 Å². The highest BCUT2D eigenvalue weighted by molar-refractivity contribution is 5.92. The second-order valence-corrected chi connectivity index (χ2v) is 9.03. The van der Waals surface area contributed by atoms with Crippen molar-refractivity contribution in [1.29, 1.82) is 0 Å². The Morgan fingerprint density at radius 2 is 2.09 bits per heavy atom. The highest BCUT2D eigenvalue weighted by Crippen LogP contribution is 2.48. The minimum atomic E-state index is -2.40. The van der Waals surface area contributed by atoms with Crippen LogP contribution in [0, 0.1) is 10.1 Å². The molecule has 0 saturated carbocycles. The number of imidazole rings is 1. The maximum Gasteiger partial charge on any atom is 0.415 e. The maximum atomic E-state index is 15.3. The maximum absolute atomic E-state index is 15.3. The SMILES string of the molecule is COC1=C(/C(F)=N/N2CCN(CC3(C)Cn4cc([N+](=O)[O-])nc4O3)CC2)OC2=CC=C(F)C[C@@]21F. The van der Waals surface area contributed by atoms with Crippen LogP contribution >= 0.6 is 0 Å². The lowest BCUT2D eigenvalue weighted by molar-refractivity contribution is -0.389. The Labute approximate surface area is 197 Å². The summed E-state index contributed by atoms with van der Waals surface area (Å²) in [5.41, 5.74) is -3.02. The number of nitro groups is 1. The van der Waals surface area contributed by atoms with Crippen molar-refractivity contribution in [1.82, 2.24) is 19.5 Å². The van der Waals surface area contributed by atoms with Crippen LogP contribution in [0.15, 0.2) is 46.6 Å². The third kappa shape index (κ3) is 4.11. The van der Waals surface area contributed by atoms with Gasteiger partial charge in [0.25, 0.3) is 5.97 Å². The number of hydrogen-bond acceptors (Lipinski definition) is 9. The van der Waals surface area contributed by atoms with E-state index in [9.17, 15) is 18.9 Å². The van der Waals surface area contributed by atoms with E-state index in [4.69, 9.17) is 14.2 Å². The highest BCUT2D eigenvalue weighted by atomic mass is 19.2. The van der Waals surface area contributed by atoms with Gasteiger partial charge >= 0.3 is 11.8 Å². The van der Waals surface area contributed by atoms with Crippen molar-refractivity contribution in [3.8, 4) is 6.01 Å². The molecular formula is C21H23F3N6O5. The molecule has 3 aliphatic heterocycles. The van der Waals surface area contributed by atoms with Crippen molar-refractivity contribution in [3.05, 3.63) is 51.6 Å². The summed E-state index contributed by atoms with van der Waals surface area (Å²) in [6.07, 6.45) is 2.90. The van der Waals surface area contributed by atoms with Gasteiger partial charge in [-0.15, -0.1) is 5.10 Å². The zero-order chi connectivity index (χ0) is 25.0. The van der Waals surface area contributed by atoms with Crippen LogP contribution in [-0.4, -0.2) is 81.5 Å². The van der Waals surface area contributed by atoms with Crippen LogP contribution in [0.25, 0.3) is 0 Å². The molecule has 1 fully saturated rings. The second-order valence-electron chi connectivity index (χ2n) is 9.03. The number of halogens is 3. The average molecular weight is 496 g/mol. The lowest BCUT2D eigenvalue weighted by atomic mass is 9.93. The molecule has 11 nitrogen and oxygen atoms in total. The predicted molar refractivity (Wildman–Crippen MR) is 115 cm³/mol. The fraction of sp³-hybridized carbons (Fsp3) is 0.524. The molecule has 1 saturated heterocycles. The average Bonchev–Trinajstić information content (AvgIpc) is 3.41. The van der Waals surface area contributed by atoms with Crippen molar-refractivity contribution >= 4 is 11.8 Å². The minimum absolute atomic E-state index is 0.208. The Bertz CT molecular complexity index is 1160. The van der Waals surface area contributed by atoms with E-state index in [0.29, 0.717) is 39.3 Å². The summed E-state index contributed by atoms with van der Waals surface area (Å²) in [4.78, 5) is 16.3. The molecule has 14 heteroatoms. The van der Waals surface area contributed by atoms with E-state index in [1.807, 2.05) is 6.92 Å². The number of rotatable bonds is 6. The Hall–Kier alpha value is -3.55. The van der Waals surface area contributed by atoms with Crippen LogP contribution in [0.2, 0.25) is 0 Å².